The minimum atomic E-state index is -0.647. The van der Waals surface area contributed by atoms with Gasteiger partial charge in [0, 0.05) is 34.5 Å². The van der Waals surface area contributed by atoms with Gasteiger partial charge in [0.05, 0.1) is 17.4 Å². The summed E-state index contributed by atoms with van der Waals surface area (Å²) in [7, 11) is -0.647. The number of aromatic nitrogens is 1. The van der Waals surface area contributed by atoms with Gasteiger partial charge in [0.25, 0.3) is 0 Å². The van der Waals surface area contributed by atoms with Gasteiger partial charge in [0.15, 0.2) is 0 Å². The van der Waals surface area contributed by atoms with Gasteiger partial charge in [0.1, 0.15) is 6.07 Å². The maximum atomic E-state index is 11.2. The van der Waals surface area contributed by atoms with Crippen LogP contribution < -0.4 is 5.32 Å². The SMILES string of the molecule is N#Cc1ccncc1NC1CCS(=O)CC1. The Morgan fingerprint density at radius 2 is 2.25 bits per heavy atom. The van der Waals surface area contributed by atoms with Crippen LogP contribution in [0, 0.1) is 11.3 Å². The highest BCUT2D eigenvalue weighted by atomic mass is 32.2. The van der Waals surface area contributed by atoms with Crippen molar-refractivity contribution < 1.29 is 4.21 Å². The molecule has 0 unspecified atom stereocenters. The molecule has 0 aliphatic carbocycles. The molecule has 1 aliphatic heterocycles. The molecule has 1 saturated heterocycles. The zero-order valence-electron chi connectivity index (χ0n) is 8.85. The largest absolute Gasteiger partial charge is 0.380 e. The molecule has 1 fully saturated rings. The van der Waals surface area contributed by atoms with Crippen LogP contribution in [0.25, 0.3) is 0 Å². The quantitative estimate of drug-likeness (QED) is 0.838. The molecule has 0 spiro atoms. The van der Waals surface area contributed by atoms with Crippen LogP contribution in [0.1, 0.15) is 18.4 Å². The summed E-state index contributed by atoms with van der Waals surface area (Å²) in [5.41, 5.74) is 1.39. The number of hydrogen-bond donors (Lipinski definition) is 1. The smallest absolute Gasteiger partial charge is 0.101 e. The van der Waals surface area contributed by atoms with E-state index < -0.39 is 10.8 Å². The lowest BCUT2D eigenvalue weighted by Gasteiger charge is -2.23. The Bertz CT molecular complexity index is 431. The van der Waals surface area contributed by atoms with Crippen LogP contribution in [-0.2, 0) is 10.8 Å². The molecule has 0 radical (unpaired) electrons. The van der Waals surface area contributed by atoms with E-state index in [-0.39, 0.29) is 0 Å². The first-order valence-electron chi connectivity index (χ1n) is 5.25. The second-order valence-corrected chi connectivity index (χ2v) is 5.50. The van der Waals surface area contributed by atoms with Crippen molar-refractivity contribution in [1.82, 2.24) is 4.98 Å². The van der Waals surface area contributed by atoms with Gasteiger partial charge in [-0.3, -0.25) is 9.19 Å². The van der Waals surface area contributed by atoms with Gasteiger partial charge in [-0.25, -0.2) is 0 Å². The fraction of sp³-hybridized carbons (Fsp3) is 0.455. The highest BCUT2D eigenvalue weighted by Crippen LogP contribution is 2.18. The Morgan fingerprint density at radius 1 is 1.50 bits per heavy atom. The van der Waals surface area contributed by atoms with E-state index in [9.17, 15) is 4.21 Å². The third-order valence-corrected chi connectivity index (χ3v) is 4.07. The number of hydrogen-bond acceptors (Lipinski definition) is 4. The van der Waals surface area contributed by atoms with Gasteiger partial charge in [-0.1, -0.05) is 0 Å². The lowest BCUT2D eigenvalue weighted by Crippen LogP contribution is -2.29. The van der Waals surface area contributed by atoms with Crippen molar-refractivity contribution in [2.75, 3.05) is 16.8 Å². The number of rotatable bonds is 2. The van der Waals surface area contributed by atoms with Crippen LogP contribution in [0.15, 0.2) is 18.5 Å². The zero-order chi connectivity index (χ0) is 11.4. The van der Waals surface area contributed by atoms with Crippen LogP contribution in [0.3, 0.4) is 0 Å². The molecule has 2 rings (SSSR count). The maximum absolute atomic E-state index is 11.2. The molecule has 0 atom stereocenters. The molecule has 1 aliphatic rings. The standard InChI is InChI=1S/C11H13N3OS/c12-7-9-1-4-13-8-11(9)14-10-2-5-16(15)6-3-10/h1,4,8,10,14H,2-3,5-6H2. The number of nitrogens with zero attached hydrogens (tertiary/aromatic N) is 2. The van der Waals surface area contributed by atoms with E-state index in [2.05, 4.69) is 16.4 Å². The summed E-state index contributed by atoms with van der Waals surface area (Å²) in [6, 6.07) is 4.14. The van der Waals surface area contributed by atoms with Crippen LogP contribution >= 0.6 is 0 Å². The van der Waals surface area contributed by atoms with Crippen molar-refractivity contribution in [1.29, 1.82) is 5.26 Å². The van der Waals surface area contributed by atoms with E-state index >= 15 is 0 Å². The van der Waals surface area contributed by atoms with Gasteiger partial charge >= 0.3 is 0 Å². The number of anilines is 1. The fourth-order valence-corrected chi connectivity index (χ4v) is 3.06. The predicted octanol–water partition coefficient (Wildman–Crippen LogP) is 1.28. The first kappa shape index (κ1) is 11.1. The first-order valence-corrected chi connectivity index (χ1v) is 6.74. The lowest BCUT2D eigenvalue weighted by atomic mass is 10.1. The summed E-state index contributed by atoms with van der Waals surface area (Å²) in [6.45, 7) is 0. The van der Waals surface area contributed by atoms with Gasteiger partial charge in [-0.2, -0.15) is 5.26 Å². The van der Waals surface area contributed by atoms with Crippen molar-refractivity contribution in [3.63, 3.8) is 0 Å². The Balaban J connectivity index is 2.04. The summed E-state index contributed by atoms with van der Waals surface area (Å²) in [5, 5.41) is 12.2. The van der Waals surface area contributed by atoms with Crippen molar-refractivity contribution in [3.05, 3.63) is 24.0 Å². The summed E-state index contributed by atoms with van der Waals surface area (Å²) < 4.78 is 11.2. The van der Waals surface area contributed by atoms with Crippen molar-refractivity contribution >= 4 is 16.5 Å². The summed E-state index contributed by atoms with van der Waals surface area (Å²) in [6.07, 6.45) is 5.07. The molecule has 0 amide bonds. The Morgan fingerprint density at radius 3 is 2.94 bits per heavy atom. The molecule has 1 aromatic heterocycles. The first-order chi connectivity index (χ1) is 7.79. The summed E-state index contributed by atoms with van der Waals surface area (Å²) >= 11 is 0. The van der Waals surface area contributed by atoms with E-state index in [4.69, 9.17) is 5.26 Å². The number of nitrogens with one attached hydrogen (secondary N) is 1. The van der Waals surface area contributed by atoms with E-state index in [1.165, 1.54) is 0 Å². The highest BCUT2D eigenvalue weighted by molar-refractivity contribution is 7.85. The molecule has 16 heavy (non-hydrogen) atoms. The second kappa shape index (κ2) is 5.08. The summed E-state index contributed by atoms with van der Waals surface area (Å²) in [5.74, 6) is 1.50. The molecule has 2 heterocycles. The Hall–Kier alpha value is -1.41. The molecule has 0 bridgehead atoms. The van der Waals surface area contributed by atoms with Crippen LogP contribution in [-0.4, -0.2) is 26.7 Å². The molecule has 1 aromatic rings. The van der Waals surface area contributed by atoms with Gasteiger partial charge in [0.2, 0.25) is 0 Å². The van der Waals surface area contributed by atoms with E-state index in [0.29, 0.717) is 11.6 Å². The van der Waals surface area contributed by atoms with Gasteiger partial charge < -0.3 is 5.32 Å². The minimum absolute atomic E-state index is 0.314. The zero-order valence-corrected chi connectivity index (χ0v) is 9.67. The second-order valence-electron chi connectivity index (χ2n) is 3.80. The van der Waals surface area contributed by atoms with E-state index in [1.807, 2.05) is 0 Å². The number of nitriles is 1. The number of pyridine rings is 1. The molecular weight excluding hydrogens is 222 g/mol. The Labute approximate surface area is 97.2 Å². The van der Waals surface area contributed by atoms with Gasteiger partial charge in [-0.05, 0) is 18.9 Å². The predicted molar refractivity (Wildman–Crippen MR) is 63.5 cm³/mol. The molecule has 0 aromatic carbocycles. The topological polar surface area (TPSA) is 65.8 Å². The Kier molecular flexibility index (Phi) is 3.52. The molecule has 0 saturated carbocycles. The van der Waals surface area contributed by atoms with E-state index in [0.717, 1.165) is 30.0 Å². The molecule has 5 heteroatoms. The normalized spacial score (nSPS) is 24.7. The lowest BCUT2D eigenvalue weighted by molar-refractivity contribution is 0.624. The molecule has 84 valence electrons. The van der Waals surface area contributed by atoms with Crippen molar-refractivity contribution in [2.45, 2.75) is 18.9 Å². The fourth-order valence-electron chi connectivity index (χ4n) is 1.77. The maximum Gasteiger partial charge on any atom is 0.101 e. The van der Waals surface area contributed by atoms with Gasteiger partial charge in [-0.15, -0.1) is 0 Å². The van der Waals surface area contributed by atoms with Crippen LogP contribution in [0.4, 0.5) is 5.69 Å². The van der Waals surface area contributed by atoms with E-state index in [1.54, 1.807) is 18.5 Å². The average molecular weight is 235 g/mol. The highest BCUT2D eigenvalue weighted by Gasteiger charge is 2.18. The third kappa shape index (κ3) is 2.58. The molecule has 4 nitrogen and oxygen atoms in total. The minimum Gasteiger partial charge on any atom is -0.380 e. The molecular formula is C11H13N3OS. The summed E-state index contributed by atoms with van der Waals surface area (Å²) in [4.78, 5) is 4.00. The van der Waals surface area contributed by atoms with Crippen molar-refractivity contribution in [2.24, 2.45) is 0 Å². The monoisotopic (exact) mass is 235 g/mol. The van der Waals surface area contributed by atoms with Crippen LogP contribution in [0.5, 0.6) is 0 Å². The molecule has 1 N–H and O–H groups in total. The third-order valence-electron chi connectivity index (χ3n) is 2.69. The van der Waals surface area contributed by atoms with Crippen LogP contribution in [0.2, 0.25) is 0 Å². The average Bonchev–Trinajstić information content (AvgIpc) is 2.33. The van der Waals surface area contributed by atoms with Crippen molar-refractivity contribution in [3.8, 4) is 6.07 Å².